The van der Waals surface area contributed by atoms with Gasteiger partial charge in [0.1, 0.15) is 18.2 Å². The van der Waals surface area contributed by atoms with E-state index >= 15 is 0 Å². The first kappa shape index (κ1) is 16.4. The van der Waals surface area contributed by atoms with Crippen molar-refractivity contribution in [3.05, 3.63) is 29.6 Å². The minimum absolute atomic E-state index is 0.0202. The maximum absolute atomic E-state index is 13.4. The van der Waals surface area contributed by atoms with Crippen LogP contribution in [-0.2, 0) is 9.53 Å². The summed E-state index contributed by atoms with van der Waals surface area (Å²) in [5, 5.41) is 3.08. The Hall–Kier alpha value is -1.62. The smallest absolute Gasteiger partial charge is 0.314 e. The molecule has 0 fully saturated rings. The molecule has 1 N–H and O–H groups in total. The quantitative estimate of drug-likeness (QED) is 0.815. The fourth-order valence-corrected chi connectivity index (χ4v) is 1.74. The number of nitrogens with one attached hydrogen (secondary N) is 1. The zero-order valence-corrected chi connectivity index (χ0v) is 12.6. The minimum atomic E-state index is -0.790. The number of esters is 1. The average Bonchev–Trinajstić information content (AvgIpc) is 2.43. The summed E-state index contributed by atoms with van der Waals surface area (Å²) in [6.45, 7) is 5.51. The van der Waals surface area contributed by atoms with Crippen LogP contribution in [0.2, 0.25) is 0 Å². The van der Waals surface area contributed by atoms with Gasteiger partial charge in [0, 0.05) is 17.7 Å². The number of benzene rings is 1. The molecule has 0 saturated heterocycles. The molecule has 112 valence electrons. The van der Waals surface area contributed by atoms with E-state index in [1.807, 2.05) is 14.0 Å². The lowest BCUT2D eigenvalue weighted by Gasteiger charge is -2.23. The van der Waals surface area contributed by atoms with Crippen LogP contribution in [0, 0.1) is 11.2 Å². The molecule has 4 nitrogen and oxygen atoms in total. The van der Waals surface area contributed by atoms with Gasteiger partial charge in [-0.05, 0) is 33.9 Å². The molecule has 0 bridgehead atoms. The van der Waals surface area contributed by atoms with Crippen molar-refractivity contribution in [3.8, 4) is 5.75 Å². The normalized spacial score (nSPS) is 12.9. The molecule has 5 heteroatoms. The van der Waals surface area contributed by atoms with E-state index in [1.54, 1.807) is 19.9 Å². The molecule has 20 heavy (non-hydrogen) atoms. The van der Waals surface area contributed by atoms with Gasteiger partial charge >= 0.3 is 5.97 Å². The van der Waals surface area contributed by atoms with Gasteiger partial charge < -0.3 is 14.8 Å². The number of ether oxygens (including phenoxy) is 2. The van der Waals surface area contributed by atoms with E-state index in [0.29, 0.717) is 5.75 Å². The number of hydrogen-bond acceptors (Lipinski definition) is 4. The van der Waals surface area contributed by atoms with E-state index in [-0.39, 0.29) is 24.4 Å². The molecule has 1 unspecified atom stereocenters. The van der Waals surface area contributed by atoms with Crippen LogP contribution in [0.4, 0.5) is 4.39 Å². The summed E-state index contributed by atoms with van der Waals surface area (Å²) in [5.74, 6) is -0.302. The second kappa shape index (κ2) is 6.70. The van der Waals surface area contributed by atoms with E-state index in [0.717, 1.165) is 5.56 Å². The van der Waals surface area contributed by atoms with Crippen LogP contribution in [0.3, 0.4) is 0 Å². The van der Waals surface area contributed by atoms with Gasteiger partial charge in [0.05, 0.1) is 12.5 Å². The first-order valence-corrected chi connectivity index (χ1v) is 6.49. The lowest BCUT2D eigenvalue weighted by molar-refractivity contribution is -0.152. The summed E-state index contributed by atoms with van der Waals surface area (Å²) >= 11 is 0. The topological polar surface area (TPSA) is 47.6 Å². The Morgan fingerprint density at radius 3 is 2.65 bits per heavy atom. The highest BCUT2D eigenvalue weighted by Gasteiger charge is 2.30. The van der Waals surface area contributed by atoms with Crippen LogP contribution in [0.5, 0.6) is 5.75 Å². The van der Waals surface area contributed by atoms with Crippen molar-refractivity contribution in [2.24, 2.45) is 5.41 Å². The number of hydrogen-bond donors (Lipinski definition) is 1. The zero-order valence-electron chi connectivity index (χ0n) is 12.6. The summed E-state index contributed by atoms with van der Waals surface area (Å²) in [7, 11) is 3.15. The predicted octanol–water partition coefficient (Wildman–Crippen LogP) is 2.68. The molecule has 0 spiro atoms. The van der Waals surface area contributed by atoms with Gasteiger partial charge in [0.2, 0.25) is 0 Å². The number of methoxy groups -OCH3 is 1. The Balaban J connectivity index is 2.91. The second-order valence-corrected chi connectivity index (χ2v) is 5.36. The lowest BCUT2D eigenvalue weighted by Crippen LogP contribution is -2.32. The first-order chi connectivity index (χ1) is 9.31. The summed E-state index contributed by atoms with van der Waals surface area (Å²) in [6.07, 6.45) is 0. The summed E-state index contributed by atoms with van der Waals surface area (Å²) in [4.78, 5) is 11.6. The molecular formula is C15H22FNO3. The van der Waals surface area contributed by atoms with Gasteiger partial charge in [-0.2, -0.15) is 0 Å². The van der Waals surface area contributed by atoms with Crippen molar-refractivity contribution in [1.29, 1.82) is 0 Å². The standard InChI is InChI=1S/C15H22FNO3/c1-10(17-4)12-7-6-11(16)8-13(12)20-9-15(2,3)14(18)19-5/h6-8,10,17H,9H2,1-5H3. The Bertz CT molecular complexity index is 474. The van der Waals surface area contributed by atoms with Crippen LogP contribution >= 0.6 is 0 Å². The van der Waals surface area contributed by atoms with Crippen LogP contribution in [0.25, 0.3) is 0 Å². The van der Waals surface area contributed by atoms with Crippen LogP contribution in [0.15, 0.2) is 18.2 Å². The van der Waals surface area contributed by atoms with E-state index < -0.39 is 5.41 Å². The molecule has 0 saturated carbocycles. The molecule has 0 aromatic heterocycles. The first-order valence-electron chi connectivity index (χ1n) is 6.49. The number of carbonyl (C=O) groups is 1. The molecule has 1 aromatic rings. The largest absolute Gasteiger partial charge is 0.492 e. The SMILES string of the molecule is CNC(C)c1ccc(F)cc1OCC(C)(C)C(=O)OC. The van der Waals surface area contributed by atoms with Gasteiger partial charge in [-0.25, -0.2) is 4.39 Å². The highest BCUT2D eigenvalue weighted by Crippen LogP contribution is 2.28. The molecule has 0 amide bonds. The molecule has 1 aromatic carbocycles. The fourth-order valence-electron chi connectivity index (χ4n) is 1.74. The maximum Gasteiger partial charge on any atom is 0.314 e. The Morgan fingerprint density at radius 1 is 1.45 bits per heavy atom. The maximum atomic E-state index is 13.4. The Labute approximate surface area is 119 Å². The molecule has 0 aliphatic carbocycles. The van der Waals surface area contributed by atoms with Gasteiger partial charge in [0.25, 0.3) is 0 Å². The number of carbonyl (C=O) groups excluding carboxylic acids is 1. The van der Waals surface area contributed by atoms with Crippen molar-refractivity contribution < 1.29 is 18.7 Å². The van der Waals surface area contributed by atoms with Crippen molar-refractivity contribution >= 4 is 5.97 Å². The molecule has 0 radical (unpaired) electrons. The van der Waals surface area contributed by atoms with Crippen LogP contribution < -0.4 is 10.1 Å². The van der Waals surface area contributed by atoms with E-state index in [2.05, 4.69) is 5.32 Å². The lowest BCUT2D eigenvalue weighted by atomic mass is 9.95. The number of halogens is 1. The minimum Gasteiger partial charge on any atom is -0.492 e. The molecular weight excluding hydrogens is 261 g/mol. The summed E-state index contributed by atoms with van der Waals surface area (Å²) < 4.78 is 23.7. The Kier molecular flexibility index (Phi) is 5.51. The fraction of sp³-hybridized carbons (Fsp3) is 0.533. The average molecular weight is 283 g/mol. The van der Waals surface area contributed by atoms with Gasteiger partial charge in [0.15, 0.2) is 0 Å². The highest BCUT2D eigenvalue weighted by atomic mass is 19.1. The highest BCUT2D eigenvalue weighted by molar-refractivity contribution is 5.75. The van der Waals surface area contributed by atoms with E-state index in [9.17, 15) is 9.18 Å². The van der Waals surface area contributed by atoms with Crippen molar-refractivity contribution in [2.75, 3.05) is 20.8 Å². The van der Waals surface area contributed by atoms with Gasteiger partial charge in [-0.1, -0.05) is 6.07 Å². The van der Waals surface area contributed by atoms with E-state index in [4.69, 9.17) is 9.47 Å². The third-order valence-corrected chi connectivity index (χ3v) is 3.20. The van der Waals surface area contributed by atoms with Crippen molar-refractivity contribution in [1.82, 2.24) is 5.32 Å². The second-order valence-electron chi connectivity index (χ2n) is 5.36. The van der Waals surface area contributed by atoms with Gasteiger partial charge in [-0.15, -0.1) is 0 Å². The van der Waals surface area contributed by atoms with Crippen LogP contribution in [0.1, 0.15) is 32.4 Å². The Morgan fingerprint density at radius 2 is 2.10 bits per heavy atom. The van der Waals surface area contributed by atoms with Gasteiger partial charge in [-0.3, -0.25) is 4.79 Å². The van der Waals surface area contributed by atoms with Crippen molar-refractivity contribution in [3.63, 3.8) is 0 Å². The molecule has 0 aliphatic heterocycles. The van der Waals surface area contributed by atoms with Crippen LogP contribution in [-0.4, -0.2) is 26.7 Å². The van der Waals surface area contributed by atoms with Crippen molar-refractivity contribution in [2.45, 2.75) is 26.8 Å². The summed E-state index contributed by atoms with van der Waals surface area (Å²) in [6, 6.07) is 4.42. The zero-order chi connectivity index (χ0) is 15.3. The predicted molar refractivity (Wildman–Crippen MR) is 75.2 cm³/mol. The monoisotopic (exact) mass is 283 g/mol. The van der Waals surface area contributed by atoms with E-state index in [1.165, 1.54) is 19.2 Å². The third kappa shape index (κ3) is 3.93. The molecule has 1 rings (SSSR count). The molecule has 1 atom stereocenters. The summed E-state index contributed by atoms with van der Waals surface area (Å²) in [5.41, 5.74) is 0.0517. The number of rotatable bonds is 6. The molecule has 0 aliphatic rings. The molecule has 0 heterocycles. The third-order valence-electron chi connectivity index (χ3n) is 3.20.